The molecule has 0 heterocycles. The topological polar surface area (TPSA) is 58.6 Å². The van der Waals surface area contributed by atoms with E-state index in [9.17, 15) is 9.18 Å². The Morgan fingerprint density at radius 1 is 0.962 bits per heavy atom. The molecule has 5 heteroatoms. The molecule has 0 aliphatic rings. The summed E-state index contributed by atoms with van der Waals surface area (Å²) in [5.74, 6) is -0.521. The van der Waals surface area contributed by atoms with Crippen LogP contribution in [0.25, 0.3) is 0 Å². The van der Waals surface area contributed by atoms with Crippen LogP contribution in [0, 0.1) is 5.82 Å². The van der Waals surface area contributed by atoms with Crippen molar-refractivity contribution in [2.75, 3.05) is 5.32 Å². The lowest BCUT2D eigenvalue weighted by atomic mass is 10.2. The summed E-state index contributed by atoms with van der Waals surface area (Å²) in [5.41, 5.74) is 2.88. The largest absolute Gasteiger partial charge is 0.489 e. The quantitative estimate of drug-likeness (QED) is 0.647. The molecular weight excluding hydrogens is 333 g/mol. The molecule has 0 saturated heterocycles. The van der Waals surface area contributed by atoms with E-state index in [-0.39, 0.29) is 11.4 Å². The van der Waals surface area contributed by atoms with Gasteiger partial charge < -0.3 is 15.2 Å². The second-order valence-corrected chi connectivity index (χ2v) is 5.80. The van der Waals surface area contributed by atoms with Crippen LogP contribution in [0.3, 0.4) is 0 Å². The van der Waals surface area contributed by atoms with Crippen molar-refractivity contribution in [3.63, 3.8) is 0 Å². The molecular formula is C21H18FNO3. The molecule has 0 unspecified atom stereocenters. The van der Waals surface area contributed by atoms with Crippen molar-refractivity contribution in [1.82, 2.24) is 0 Å². The third kappa shape index (κ3) is 4.83. The van der Waals surface area contributed by atoms with E-state index in [4.69, 9.17) is 9.84 Å². The minimum absolute atomic E-state index is 0.253. The van der Waals surface area contributed by atoms with Crippen LogP contribution in [0.1, 0.15) is 21.5 Å². The number of nitrogens with one attached hydrogen (secondary N) is 1. The van der Waals surface area contributed by atoms with Crippen molar-refractivity contribution in [2.45, 2.75) is 13.2 Å². The predicted molar refractivity (Wildman–Crippen MR) is 97.9 cm³/mol. The van der Waals surface area contributed by atoms with Gasteiger partial charge in [0.2, 0.25) is 0 Å². The smallest absolute Gasteiger partial charge is 0.335 e. The second-order valence-electron chi connectivity index (χ2n) is 5.80. The summed E-state index contributed by atoms with van der Waals surface area (Å²) in [6, 6.07) is 20.5. The van der Waals surface area contributed by atoms with Crippen LogP contribution in [-0.2, 0) is 13.2 Å². The molecule has 0 aliphatic heterocycles. The van der Waals surface area contributed by atoms with Gasteiger partial charge in [-0.2, -0.15) is 0 Å². The standard InChI is InChI=1S/C21H18FNO3/c22-18-5-1-4-16(11-18)14-26-20-6-2-3-15(12-20)13-23-19-9-7-17(8-10-19)21(24)25/h1-12,23H,13-14H2,(H,24,25). The number of rotatable bonds is 7. The first-order valence-corrected chi connectivity index (χ1v) is 8.13. The zero-order valence-electron chi connectivity index (χ0n) is 14.0. The third-order valence-corrected chi connectivity index (χ3v) is 3.82. The molecule has 3 rings (SSSR count). The Balaban J connectivity index is 1.57. The fourth-order valence-electron chi connectivity index (χ4n) is 2.47. The third-order valence-electron chi connectivity index (χ3n) is 3.82. The molecule has 0 amide bonds. The van der Waals surface area contributed by atoms with Crippen molar-refractivity contribution in [1.29, 1.82) is 0 Å². The maximum atomic E-state index is 13.2. The first kappa shape index (κ1) is 17.5. The summed E-state index contributed by atoms with van der Waals surface area (Å²) >= 11 is 0. The number of aromatic carboxylic acids is 1. The molecule has 0 atom stereocenters. The number of carboxylic acid groups (broad SMARTS) is 1. The number of ether oxygens (including phenoxy) is 1. The molecule has 0 aliphatic carbocycles. The lowest BCUT2D eigenvalue weighted by molar-refractivity contribution is 0.0697. The van der Waals surface area contributed by atoms with Gasteiger partial charge in [-0.25, -0.2) is 9.18 Å². The van der Waals surface area contributed by atoms with Crippen LogP contribution in [0.2, 0.25) is 0 Å². The van der Waals surface area contributed by atoms with Crippen molar-refractivity contribution in [2.24, 2.45) is 0 Å². The summed E-state index contributed by atoms with van der Waals surface area (Å²) in [5, 5.41) is 12.1. The Morgan fingerprint density at radius 3 is 2.42 bits per heavy atom. The Kier molecular flexibility index (Phi) is 5.49. The molecule has 3 aromatic rings. The van der Waals surface area contributed by atoms with Crippen LogP contribution in [-0.4, -0.2) is 11.1 Å². The number of hydrogen-bond donors (Lipinski definition) is 2. The van der Waals surface area contributed by atoms with Gasteiger partial charge in [-0.3, -0.25) is 0 Å². The number of anilines is 1. The van der Waals surface area contributed by atoms with Gasteiger partial charge in [-0.1, -0.05) is 24.3 Å². The Hall–Kier alpha value is -3.34. The van der Waals surface area contributed by atoms with Gasteiger partial charge in [0, 0.05) is 12.2 Å². The van der Waals surface area contributed by atoms with Crippen molar-refractivity contribution < 1.29 is 19.0 Å². The summed E-state index contributed by atoms with van der Waals surface area (Å²) < 4.78 is 18.9. The molecule has 0 aromatic heterocycles. The molecule has 0 bridgehead atoms. The molecule has 0 fully saturated rings. The monoisotopic (exact) mass is 351 g/mol. The van der Waals surface area contributed by atoms with E-state index in [0.717, 1.165) is 16.8 Å². The summed E-state index contributed by atoms with van der Waals surface area (Å²) in [6.07, 6.45) is 0. The number of carboxylic acids is 1. The first-order chi connectivity index (χ1) is 12.6. The SMILES string of the molecule is O=C(O)c1ccc(NCc2cccc(OCc3cccc(F)c3)c2)cc1. The molecule has 0 radical (unpaired) electrons. The summed E-state index contributed by atoms with van der Waals surface area (Å²) in [6.45, 7) is 0.870. The maximum absolute atomic E-state index is 13.2. The first-order valence-electron chi connectivity index (χ1n) is 8.13. The van der Waals surface area contributed by atoms with Gasteiger partial charge in [-0.15, -0.1) is 0 Å². The van der Waals surface area contributed by atoms with Crippen molar-refractivity contribution >= 4 is 11.7 Å². The van der Waals surface area contributed by atoms with Gasteiger partial charge in [0.05, 0.1) is 5.56 Å². The van der Waals surface area contributed by atoms with E-state index >= 15 is 0 Å². The fourth-order valence-corrected chi connectivity index (χ4v) is 2.47. The highest BCUT2D eigenvalue weighted by molar-refractivity contribution is 5.87. The van der Waals surface area contributed by atoms with Crippen LogP contribution in [0.4, 0.5) is 10.1 Å². The van der Waals surface area contributed by atoms with Gasteiger partial charge in [0.25, 0.3) is 0 Å². The van der Waals surface area contributed by atoms with Crippen molar-refractivity contribution in [3.05, 3.63) is 95.3 Å². The average molecular weight is 351 g/mol. The van der Waals surface area contributed by atoms with Crippen LogP contribution >= 0.6 is 0 Å². The second kappa shape index (κ2) is 8.16. The fraction of sp³-hybridized carbons (Fsp3) is 0.0952. The number of hydrogen-bond acceptors (Lipinski definition) is 3. The highest BCUT2D eigenvalue weighted by atomic mass is 19.1. The van der Waals surface area contributed by atoms with E-state index in [1.165, 1.54) is 12.1 Å². The molecule has 4 nitrogen and oxygen atoms in total. The van der Waals surface area contributed by atoms with E-state index in [1.54, 1.807) is 30.3 Å². The maximum Gasteiger partial charge on any atom is 0.335 e. The minimum Gasteiger partial charge on any atom is -0.489 e. The molecule has 26 heavy (non-hydrogen) atoms. The van der Waals surface area contributed by atoms with Crippen LogP contribution < -0.4 is 10.1 Å². The van der Waals surface area contributed by atoms with Gasteiger partial charge in [0.1, 0.15) is 18.2 Å². The van der Waals surface area contributed by atoms with Crippen molar-refractivity contribution in [3.8, 4) is 5.75 Å². The highest BCUT2D eigenvalue weighted by Crippen LogP contribution is 2.17. The van der Waals surface area contributed by atoms with E-state index in [0.29, 0.717) is 18.9 Å². The number of carbonyl (C=O) groups is 1. The molecule has 0 saturated carbocycles. The average Bonchev–Trinajstić information content (AvgIpc) is 2.65. The molecule has 0 spiro atoms. The Morgan fingerprint density at radius 2 is 1.69 bits per heavy atom. The normalized spacial score (nSPS) is 10.3. The van der Waals surface area contributed by atoms with Gasteiger partial charge >= 0.3 is 5.97 Å². The lowest BCUT2D eigenvalue weighted by Gasteiger charge is -2.10. The predicted octanol–water partition coefficient (Wildman–Crippen LogP) is 4.72. The van der Waals surface area contributed by atoms with Crippen LogP contribution in [0.15, 0.2) is 72.8 Å². The summed E-state index contributed by atoms with van der Waals surface area (Å²) in [4.78, 5) is 10.9. The molecule has 3 aromatic carbocycles. The Labute approximate surface area is 150 Å². The zero-order chi connectivity index (χ0) is 18.4. The number of benzene rings is 3. The summed E-state index contributed by atoms with van der Waals surface area (Å²) in [7, 11) is 0. The zero-order valence-corrected chi connectivity index (χ0v) is 14.0. The highest BCUT2D eigenvalue weighted by Gasteiger charge is 2.03. The van der Waals surface area contributed by atoms with E-state index in [2.05, 4.69) is 5.32 Å². The molecule has 2 N–H and O–H groups in total. The van der Waals surface area contributed by atoms with E-state index < -0.39 is 5.97 Å². The Bertz CT molecular complexity index is 894. The van der Waals surface area contributed by atoms with E-state index in [1.807, 2.05) is 30.3 Å². The number of halogens is 1. The molecule has 132 valence electrons. The van der Waals surface area contributed by atoms with Crippen LogP contribution in [0.5, 0.6) is 5.75 Å². The lowest BCUT2D eigenvalue weighted by Crippen LogP contribution is -2.02. The van der Waals surface area contributed by atoms with Gasteiger partial charge in [-0.05, 0) is 59.7 Å². The van der Waals surface area contributed by atoms with Gasteiger partial charge in [0.15, 0.2) is 0 Å². The minimum atomic E-state index is -0.945.